The summed E-state index contributed by atoms with van der Waals surface area (Å²) in [4.78, 5) is 12.0. The third kappa shape index (κ3) is 3.76. The van der Waals surface area contributed by atoms with Crippen molar-refractivity contribution in [3.63, 3.8) is 0 Å². The summed E-state index contributed by atoms with van der Waals surface area (Å²) < 4.78 is 22.5. The summed E-state index contributed by atoms with van der Waals surface area (Å²) in [6.45, 7) is 1.75. The van der Waals surface area contributed by atoms with Gasteiger partial charge in [0.25, 0.3) is 5.91 Å². The standard InChI is InChI=1S/C12H17N3O3S/c13-19(17,18)11-3-1-2-9(8-11)12(16)15-10-4-6-14-7-5-10/h1-3,8,10,14H,4-7H2,(H,15,16)(H2,13,17,18). The van der Waals surface area contributed by atoms with Gasteiger partial charge < -0.3 is 10.6 Å². The predicted molar refractivity (Wildman–Crippen MR) is 71.2 cm³/mol. The molecule has 4 N–H and O–H groups in total. The van der Waals surface area contributed by atoms with Crippen LogP contribution in [0.5, 0.6) is 0 Å². The number of hydrogen-bond acceptors (Lipinski definition) is 4. The fourth-order valence-corrected chi connectivity index (χ4v) is 2.61. The van der Waals surface area contributed by atoms with Crippen molar-refractivity contribution in [2.45, 2.75) is 23.8 Å². The van der Waals surface area contributed by atoms with Gasteiger partial charge in [-0.2, -0.15) is 0 Å². The first kappa shape index (κ1) is 14.0. The first-order valence-electron chi connectivity index (χ1n) is 6.11. The molecule has 0 spiro atoms. The Kier molecular flexibility index (Phi) is 4.18. The SMILES string of the molecule is NS(=O)(=O)c1cccc(C(=O)NC2CCNCC2)c1. The van der Waals surface area contributed by atoms with Crippen LogP contribution < -0.4 is 15.8 Å². The highest BCUT2D eigenvalue weighted by Gasteiger charge is 2.17. The molecular weight excluding hydrogens is 266 g/mol. The van der Waals surface area contributed by atoms with Crippen LogP contribution in [-0.4, -0.2) is 33.5 Å². The molecule has 0 aromatic heterocycles. The van der Waals surface area contributed by atoms with Gasteiger partial charge in [0.2, 0.25) is 10.0 Å². The Morgan fingerprint density at radius 1 is 1.32 bits per heavy atom. The number of sulfonamides is 1. The molecule has 7 heteroatoms. The smallest absolute Gasteiger partial charge is 0.251 e. The number of nitrogens with two attached hydrogens (primary N) is 1. The van der Waals surface area contributed by atoms with Crippen LogP contribution in [-0.2, 0) is 10.0 Å². The second kappa shape index (κ2) is 5.68. The van der Waals surface area contributed by atoms with Crippen molar-refractivity contribution < 1.29 is 13.2 Å². The molecular formula is C12H17N3O3S. The van der Waals surface area contributed by atoms with E-state index in [9.17, 15) is 13.2 Å². The Hall–Kier alpha value is -1.44. The van der Waals surface area contributed by atoms with Gasteiger partial charge in [-0.15, -0.1) is 0 Å². The van der Waals surface area contributed by atoms with Crippen molar-refractivity contribution in [3.8, 4) is 0 Å². The van der Waals surface area contributed by atoms with E-state index in [0.717, 1.165) is 25.9 Å². The molecule has 6 nitrogen and oxygen atoms in total. The summed E-state index contributed by atoms with van der Waals surface area (Å²) >= 11 is 0. The minimum atomic E-state index is -3.78. The first-order chi connectivity index (χ1) is 8.97. The second-order valence-electron chi connectivity index (χ2n) is 4.57. The number of amides is 1. The molecule has 0 atom stereocenters. The largest absolute Gasteiger partial charge is 0.349 e. The lowest BCUT2D eigenvalue weighted by atomic mass is 10.1. The van der Waals surface area contributed by atoms with Gasteiger partial charge in [-0.3, -0.25) is 4.79 Å². The lowest BCUT2D eigenvalue weighted by Gasteiger charge is -2.23. The van der Waals surface area contributed by atoms with E-state index in [-0.39, 0.29) is 16.8 Å². The lowest BCUT2D eigenvalue weighted by molar-refractivity contribution is 0.0929. The monoisotopic (exact) mass is 283 g/mol. The zero-order chi connectivity index (χ0) is 13.9. The molecule has 1 heterocycles. The van der Waals surface area contributed by atoms with Crippen LogP contribution in [0.25, 0.3) is 0 Å². The number of hydrogen-bond donors (Lipinski definition) is 3. The minimum Gasteiger partial charge on any atom is -0.349 e. The molecule has 1 aliphatic rings. The van der Waals surface area contributed by atoms with Crippen molar-refractivity contribution in [3.05, 3.63) is 29.8 Å². The molecule has 0 saturated carbocycles. The average molecular weight is 283 g/mol. The Balaban J connectivity index is 2.10. The predicted octanol–water partition coefficient (Wildman–Crippen LogP) is -0.184. The Morgan fingerprint density at radius 2 is 2.00 bits per heavy atom. The van der Waals surface area contributed by atoms with E-state index in [4.69, 9.17) is 5.14 Å². The van der Waals surface area contributed by atoms with E-state index >= 15 is 0 Å². The molecule has 1 aromatic carbocycles. The first-order valence-corrected chi connectivity index (χ1v) is 7.66. The van der Waals surface area contributed by atoms with E-state index in [1.54, 1.807) is 6.07 Å². The highest BCUT2D eigenvalue weighted by atomic mass is 32.2. The van der Waals surface area contributed by atoms with E-state index in [1.807, 2.05) is 0 Å². The van der Waals surface area contributed by atoms with Crippen LogP contribution in [0.3, 0.4) is 0 Å². The summed E-state index contributed by atoms with van der Waals surface area (Å²) in [5.74, 6) is -0.266. The van der Waals surface area contributed by atoms with Crippen molar-refractivity contribution in [1.29, 1.82) is 0 Å². The molecule has 19 heavy (non-hydrogen) atoms. The number of carbonyl (C=O) groups excluding carboxylic acids is 1. The summed E-state index contributed by atoms with van der Waals surface area (Å²) in [5, 5.41) is 11.2. The van der Waals surface area contributed by atoms with Crippen LogP contribution in [0, 0.1) is 0 Å². The van der Waals surface area contributed by atoms with E-state index in [2.05, 4.69) is 10.6 Å². The summed E-state index contributed by atoms with van der Waals surface area (Å²) in [7, 11) is -3.78. The molecule has 2 rings (SSSR count). The number of piperidine rings is 1. The van der Waals surface area contributed by atoms with Crippen LogP contribution in [0.2, 0.25) is 0 Å². The normalized spacial score (nSPS) is 17.1. The molecule has 1 saturated heterocycles. The quantitative estimate of drug-likeness (QED) is 0.716. The minimum absolute atomic E-state index is 0.0505. The number of carbonyl (C=O) groups is 1. The Labute approximate surface area is 112 Å². The second-order valence-corrected chi connectivity index (χ2v) is 6.13. The molecule has 1 aromatic rings. The van der Waals surface area contributed by atoms with Gasteiger partial charge in [-0.25, -0.2) is 13.6 Å². The fourth-order valence-electron chi connectivity index (χ4n) is 2.05. The lowest BCUT2D eigenvalue weighted by Crippen LogP contribution is -2.42. The van der Waals surface area contributed by atoms with Gasteiger partial charge >= 0.3 is 0 Å². The fraction of sp³-hybridized carbons (Fsp3) is 0.417. The number of primary sulfonamides is 1. The van der Waals surface area contributed by atoms with Gasteiger partial charge in [0, 0.05) is 11.6 Å². The molecule has 0 aliphatic carbocycles. The van der Waals surface area contributed by atoms with Gasteiger partial charge in [-0.05, 0) is 44.1 Å². The highest BCUT2D eigenvalue weighted by Crippen LogP contribution is 2.11. The maximum absolute atomic E-state index is 12.0. The van der Waals surface area contributed by atoms with Crippen LogP contribution in [0.1, 0.15) is 23.2 Å². The molecule has 1 amide bonds. The number of rotatable bonds is 3. The third-order valence-electron chi connectivity index (χ3n) is 3.10. The Morgan fingerprint density at radius 3 is 2.63 bits per heavy atom. The maximum Gasteiger partial charge on any atom is 0.251 e. The average Bonchev–Trinajstić information content (AvgIpc) is 2.39. The highest BCUT2D eigenvalue weighted by molar-refractivity contribution is 7.89. The van der Waals surface area contributed by atoms with E-state index in [0.29, 0.717) is 5.56 Å². The number of nitrogens with one attached hydrogen (secondary N) is 2. The van der Waals surface area contributed by atoms with Crippen molar-refractivity contribution in [2.24, 2.45) is 5.14 Å². The van der Waals surface area contributed by atoms with Crippen molar-refractivity contribution in [2.75, 3.05) is 13.1 Å². The molecule has 0 bridgehead atoms. The molecule has 0 radical (unpaired) electrons. The van der Waals surface area contributed by atoms with E-state index in [1.165, 1.54) is 18.2 Å². The third-order valence-corrected chi connectivity index (χ3v) is 4.01. The molecule has 1 aliphatic heterocycles. The summed E-state index contributed by atoms with van der Waals surface area (Å²) in [5.41, 5.74) is 0.310. The molecule has 104 valence electrons. The Bertz CT molecular complexity index is 565. The van der Waals surface area contributed by atoms with Gasteiger partial charge in [-0.1, -0.05) is 6.07 Å². The molecule has 1 fully saturated rings. The molecule has 0 unspecified atom stereocenters. The topological polar surface area (TPSA) is 101 Å². The summed E-state index contributed by atoms with van der Waals surface area (Å²) in [6.07, 6.45) is 1.75. The van der Waals surface area contributed by atoms with Crippen molar-refractivity contribution >= 4 is 15.9 Å². The van der Waals surface area contributed by atoms with Crippen LogP contribution >= 0.6 is 0 Å². The van der Waals surface area contributed by atoms with Crippen molar-refractivity contribution in [1.82, 2.24) is 10.6 Å². The zero-order valence-corrected chi connectivity index (χ0v) is 11.2. The van der Waals surface area contributed by atoms with E-state index < -0.39 is 10.0 Å². The van der Waals surface area contributed by atoms with Gasteiger partial charge in [0.15, 0.2) is 0 Å². The number of benzene rings is 1. The van der Waals surface area contributed by atoms with Gasteiger partial charge in [0.05, 0.1) is 4.90 Å². The van der Waals surface area contributed by atoms with Crippen LogP contribution in [0.15, 0.2) is 29.2 Å². The zero-order valence-electron chi connectivity index (χ0n) is 10.4. The van der Waals surface area contributed by atoms with Crippen LogP contribution in [0.4, 0.5) is 0 Å². The summed E-state index contributed by atoms with van der Waals surface area (Å²) in [6, 6.07) is 5.89. The van der Waals surface area contributed by atoms with Gasteiger partial charge in [0.1, 0.15) is 0 Å². The maximum atomic E-state index is 12.0.